The summed E-state index contributed by atoms with van der Waals surface area (Å²) in [5.41, 5.74) is 3.53. The van der Waals surface area contributed by atoms with E-state index in [4.69, 9.17) is 25.9 Å². The number of nitrogens with one attached hydrogen (secondary N) is 1. The molecule has 0 radical (unpaired) electrons. The minimum absolute atomic E-state index is 0.204. The highest BCUT2D eigenvalue weighted by Gasteiger charge is 2.10. The van der Waals surface area contributed by atoms with E-state index in [1.54, 1.807) is 12.1 Å². The first kappa shape index (κ1) is 19.6. The van der Waals surface area contributed by atoms with Crippen LogP contribution in [0.1, 0.15) is 16.7 Å². The molecule has 0 heterocycles. The van der Waals surface area contributed by atoms with Crippen molar-refractivity contribution >= 4 is 29.4 Å². The number of anilines is 1. The highest BCUT2D eigenvalue weighted by Crippen LogP contribution is 2.35. The molecule has 0 aliphatic rings. The smallest absolute Gasteiger partial charge is 0.265 e. The fraction of sp³-hybridized carbons (Fsp3) is 0.263. The molecular weight excluding hydrogens is 356 g/mol. The number of nitrogens with zero attached hydrogens (tertiary/aromatic N) is 1. The molecule has 1 amide bonds. The fourth-order valence-electron chi connectivity index (χ4n) is 2.45. The van der Waals surface area contributed by atoms with Crippen LogP contribution in [-0.4, -0.2) is 32.9 Å². The lowest BCUT2D eigenvalue weighted by Gasteiger charge is -2.10. The summed E-state index contributed by atoms with van der Waals surface area (Å²) in [4.78, 5) is 17.0. The van der Waals surface area contributed by atoms with Crippen LogP contribution in [0.15, 0.2) is 35.5 Å². The second-order valence-corrected chi connectivity index (χ2v) is 6.08. The minimum Gasteiger partial charge on any atom is -0.493 e. The highest BCUT2D eigenvalue weighted by molar-refractivity contribution is 6.32. The van der Waals surface area contributed by atoms with E-state index in [-0.39, 0.29) is 12.5 Å². The third-order valence-corrected chi connectivity index (χ3v) is 3.71. The number of carbonyl (C=O) groups is 1. The molecule has 138 valence electrons. The second-order valence-electron chi connectivity index (χ2n) is 5.67. The van der Waals surface area contributed by atoms with Crippen molar-refractivity contribution in [3.8, 4) is 11.5 Å². The predicted molar refractivity (Wildman–Crippen MR) is 103 cm³/mol. The number of aryl methyl sites for hydroxylation is 2. The number of methoxy groups -OCH3 is 2. The maximum atomic E-state index is 11.9. The van der Waals surface area contributed by atoms with Crippen LogP contribution >= 0.6 is 11.6 Å². The number of rotatable bonds is 7. The molecule has 0 atom stereocenters. The molecule has 0 saturated heterocycles. The lowest BCUT2D eigenvalue weighted by atomic mass is 10.1. The van der Waals surface area contributed by atoms with Crippen LogP contribution in [0.4, 0.5) is 5.69 Å². The highest BCUT2D eigenvalue weighted by atomic mass is 35.5. The summed E-state index contributed by atoms with van der Waals surface area (Å²) >= 11 is 6.12. The molecule has 2 rings (SSSR count). The van der Waals surface area contributed by atoms with Crippen LogP contribution in [0.3, 0.4) is 0 Å². The van der Waals surface area contributed by atoms with Crippen LogP contribution in [-0.2, 0) is 9.63 Å². The van der Waals surface area contributed by atoms with Crippen LogP contribution in [0, 0.1) is 13.8 Å². The van der Waals surface area contributed by atoms with Gasteiger partial charge in [-0.05, 0) is 49.2 Å². The molecule has 0 aliphatic heterocycles. The van der Waals surface area contributed by atoms with E-state index < -0.39 is 0 Å². The largest absolute Gasteiger partial charge is 0.493 e. The molecule has 0 aliphatic carbocycles. The van der Waals surface area contributed by atoms with Crippen LogP contribution < -0.4 is 14.8 Å². The topological polar surface area (TPSA) is 69.2 Å². The first-order valence-corrected chi connectivity index (χ1v) is 8.25. The molecule has 0 spiro atoms. The van der Waals surface area contributed by atoms with Crippen molar-refractivity contribution in [2.45, 2.75) is 13.8 Å². The SMILES string of the molecule is COc1cc(/C=N\OCC(=O)Nc2cc(C)cc(C)c2)cc(Cl)c1OC. The lowest BCUT2D eigenvalue weighted by molar-refractivity contribution is -0.120. The molecule has 0 fully saturated rings. The Hall–Kier alpha value is -2.73. The predicted octanol–water partition coefficient (Wildman–Crippen LogP) is 3.96. The molecule has 26 heavy (non-hydrogen) atoms. The molecule has 0 aromatic heterocycles. The van der Waals surface area contributed by atoms with Gasteiger partial charge >= 0.3 is 0 Å². The minimum atomic E-state index is -0.294. The number of hydrogen-bond donors (Lipinski definition) is 1. The molecule has 7 heteroatoms. The van der Waals surface area contributed by atoms with E-state index in [9.17, 15) is 4.79 Å². The average molecular weight is 377 g/mol. The Labute approximate surface area is 157 Å². The fourth-order valence-corrected chi connectivity index (χ4v) is 2.75. The maximum Gasteiger partial charge on any atom is 0.265 e. The zero-order valence-electron chi connectivity index (χ0n) is 15.1. The Morgan fingerprint density at radius 3 is 2.42 bits per heavy atom. The van der Waals surface area contributed by atoms with Gasteiger partial charge in [-0.2, -0.15) is 0 Å². The number of ether oxygens (including phenoxy) is 2. The van der Waals surface area contributed by atoms with Crippen molar-refractivity contribution in [2.75, 3.05) is 26.1 Å². The van der Waals surface area contributed by atoms with Crippen molar-refractivity contribution < 1.29 is 19.1 Å². The Morgan fingerprint density at radius 1 is 1.12 bits per heavy atom. The Kier molecular flexibility index (Phi) is 6.86. The third-order valence-electron chi connectivity index (χ3n) is 3.43. The molecule has 1 N–H and O–H groups in total. The maximum absolute atomic E-state index is 11.9. The summed E-state index contributed by atoms with van der Waals surface area (Å²) in [6, 6.07) is 9.17. The van der Waals surface area contributed by atoms with E-state index in [1.165, 1.54) is 20.4 Å². The standard InChI is InChI=1S/C19H21ClN2O4/c1-12-5-13(2)7-15(6-12)22-18(23)11-26-21-10-14-8-16(20)19(25-4)17(9-14)24-3/h5-10H,11H2,1-4H3,(H,22,23)/b21-10-. The number of carbonyl (C=O) groups excluding carboxylic acids is 1. The number of halogens is 1. The number of amides is 1. The monoisotopic (exact) mass is 376 g/mol. The normalized spacial score (nSPS) is 10.7. The zero-order chi connectivity index (χ0) is 19.1. The van der Waals surface area contributed by atoms with Gasteiger partial charge in [-0.3, -0.25) is 4.79 Å². The van der Waals surface area contributed by atoms with Crippen molar-refractivity contribution in [2.24, 2.45) is 5.16 Å². The van der Waals surface area contributed by atoms with Gasteiger partial charge in [-0.15, -0.1) is 0 Å². The Morgan fingerprint density at radius 2 is 1.81 bits per heavy atom. The average Bonchev–Trinajstić information content (AvgIpc) is 2.57. The van der Waals surface area contributed by atoms with Gasteiger partial charge in [-0.25, -0.2) is 0 Å². The molecular formula is C19H21ClN2O4. The molecule has 0 unspecified atom stereocenters. The van der Waals surface area contributed by atoms with Crippen molar-refractivity contribution in [1.82, 2.24) is 0 Å². The summed E-state index contributed by atoms with van der Waals surface area (Å²) in [6.07, 6.45) is 1.44. The third kappa shape index (κ3) is 5.39. The van der Waals surface area contributed by atoms with Crippen LogP contribution in [0.2, 0.25) is 5.02 Å². The van der Waals surface area contributed by atoms with Crippen molar-refractivity contribution in [1.29, 1.82) is 0 Å². The summed E-state index contributed by atoms with van der Waals surface area (Å²) < 4.78 is 10.4. The van der Waals surface area contributed by atoms with E-state index in [0.717, 1.165) is 16.8 Å². The number of benzene rings is 2. The first-order chi connectivity index (χ1) is 12.4. The van der Waals surface area contributed by atoms with Gasteiger partial charge in [0.15, 0.2) is 18.1 Å². The van der Waals surface area contributed by atoms with Gasteiger partial charge in [0.25, 0.3) is 5.91 Å². The van der Waals surface area contributed by atoms with Crippen LogP contribution in [0.5, 0.6) is 11.5 Å². The second kappa shape index (κ2) is 9.10. The van der Waals surface area contributed by atoms with Crippen molar-refractivity contribution in [3.63, 3.8) is 0 Å². The van der Waals surface area contributed by atoms with E-state index in [2.05, 4.69) is 10.5 Å². The summed E-state index contributed by atoms with van der Waals surface area (Å²) in [5, 5.41) is 6.95. The number of hydrogen-bond acceptors (Lipinski definition) is 5. The van der Waals surface area contributed by atoms with Gasteiger partial charge in [0.1, 0.15) is 0 Å². The van der Waals surface area contributed by atoms with Gasteiger partial charge in [-0.1, -0.05) is 22.8 Å². The molecule has 2 aromatic rings. The molecule has 6 nitrogen and oxygen atoms in total. The molecule has 0 bridgehead atoms. The Bertz CT molecular complexity index is 801. The number of oxime groups is 1. The van der Waals surface area contributed by atoms with Gasteiger partial charge in [0, 0.05) is 11.3 Å². The van der Waals surface area contributed by atoms with Gasteiger partial charge < -0.3 is 19.6 Å². The van der Waals surface area contributed by atoms with Gasteiger partial charge in [0.2, 0.25) is 0 Å². The van der Waals surface area contributed by atoms with Crippen LogP contribution in [0.25, 0.3) is 0 Å². The first-order valence-electron chi connectivity index (χ1n) is 7.88. The summed E-state index contributed by atoms with van der Waals surface area (Å²) in [5.74, 6) is 0.631. The lowest BCUT2D eigenvalue weighted by Crippen LogP contribution is -2.17. The van der Waals surface area contributed by atoms with E-state index >= 15 is 0 Å². The van der Waals surface area contributed by atoms with E-state index in [1.807, 2.05) is 32.0 Å². The van der Waals surface area contributed by atoms with E-state index in [0.29, 0.717) is 22.1 Å². The van der Waals surface area contributed by atoms with Crippen molar-refractivity contribution in [3.05, 3.63) is 52.0 Å². The zero-order valence-corrected chi connectivity index (χ0v) is 15.9. The molecule has 0 saturated carbocycles. The summed E-state index contributed by atoms with van der Waals surface area (Å²) in [6.45, 7) is 3.74. The summed E-state index contributed by atoms with van der Waals surface area (Å²) in [7, 11) is 3.03. The Balaban J connectivity index is 1.92. The molecule has 2 aromatic carbocycles. The van der Waals surface area contributed by atoms with Gasteiger partial charge in [0.05, 0.1) is 25.5 Å². The quantitative estimate of drug-likeness (QED) is 0.586.